The lowest BCUT2D eigenvalue weighted by atomic mass is 10.2. The Kier molecular flexibility index (Phi) is 4.12. The Morgan fingerprint density at radius 3 is 2.35 bits per heavy atom. The summed E-state index contributed by atoms with van der Waals surface area (Å²) in [6, 6.07) is 12.9. The van der Waals surface area contributed by atoms with Crippen LogP contribution in [0.5, 0.6) is 0 Å². The molecule has 4 nitrogen and oxygen atoms in total. The number of hydrogen-bond donors (Lipinski definition) is 1. The molecule has 1 N–H and O–H groups in total. The molecule has 0 fully saturated rings. The molecular formula is C14H11BrN2O2S. The van der Waals surface area contributed by atoms with Gasteiger partial charge >= 0.3 is 0 Å². The Labute approximate surface area is 126 Å². The van der Waals surface area contributed by atoms with Crippen LogP contribution in [0.15, 0.2) is 51.8 Å². The van der Waals surface area contributed by atoms with E-state index in [0.717, 1.165) is 10.0 Å². The first-order valence-corrected chi connectivity index (χ1v) is 7.99. The molecule has 0 aliphatic heterocycles. The van der Waals surface area contributed by atoms with E-state index in [1.807, 2.05) is 19.1 Å². The zero-order valence-corrected chi connectivity index (χ0v) is 13.0. The second-order valence-electron chi connectivity index (χ2n) is 4.21. The molecule has 0 saturated heterocycles. The molecule has 20 heavy (non-hydrogen) atoms. The van der Waals surface area contributed by atoms with E-state index in [2.05, 4.69) is 20.7 Å². The van der Waals surface area contributed by atoms with Crippen LogP contribution in [0.2, 0.25) is 0 Å². The molecular weight excluding hydrogens is 340 g/mol. The van der Waals surface area contributed by atoms with Crippen molar-refractivity contribution in [3.8, 4) is 6.07 Å². The molecule has 0 amide bonds. The molecule has 0 bridgehead atoms. The molecule has 0 unspecified atom stereocenters. The summed E-state index contributed by atoms with van der Waals surface area (Å²) in [5.74, 6) is 0. The Hall–Kier alpha value is -1.84. The van der Waals surface area contributed by atoms with Crippen molar-refractivity contribution in [3.05, 3.63) is 58.1 Å². The van der Waals surface area contributed by atoms with Crippen molar-refractivity contribution in [3.63, 3.8) is 0 Å². The molecule has 0 atom stereocenters. The second-order valence-corrected chi connectivity index (χ2v) is 6.74. The fourth-order valence-electron chi connectivity index (χ4n) is 1.58. The third kappa shape index (κ3) is 3.18. The van der Waals surface area contributed by atoms with Crippen LogP contribution in [-0.2, 0) is 10.0 Å². The predicted molar refractivity (Wildman–Crippen MR) is 80.8 cm³/mol. The van der Waals surface area contributed by atoms with Crippen molar-refractivity contribution in [2.24, 2.45) is 0 Å². The van der Waals surface area contributed by atoms with Crippen LogP contribution in [0.25, 0.3) is 0 Å². The van der Waals surface area contributed by atoms with Gasteiger partial charge in [-0.3, -0.25) is 4.72 Å². The monoisotopic (exact) mass is 350 g/mol. The van der Waals surface area contributed by atoms with Gasteiger partial charge in [0.05, 0.1) is 16.5 Å². The van der Waals surface area contributed by atoms with Crippen molar-refractivity contribution in [2.45, 2.75) is 11.8 Å². The highest BCUT2D eigenvalue weighted by molar-refractivity contribution is 9.10. The molecule has 0 aromatic heterocycles. The lowest BCUT2D eigenvalue weighted by Crippen LogP contribution is -2.12. The average molecular weight is 351 g/mol. The summed E-state index contributed by atoms with van der Waals surface area (Å²) >= 11 is 3.36. The van der Waals surface area contributed by atoms with Gasteiger partial charge in [-0.2, -0.15) is 5.26 Å². The summed E-state index contributed by atoms with van der Waals surface area (Å²) in [5, 5.41) is 8.70. The van der Waals surface area contributed by atoms with Gasteiger partial charge in [0, 0.05) is 10.2 Å². The SMILES string of the molecule is Cc1ccc(NS(=O)(=O)c2ccc(C#N)cc2)cc1Br. The van der Waals surface area contributed by atoms with Crippen molar-refractivity contribution < 1.29 is 8.42 Å². The minimum absolute atomic E-state index is 0.119. The number of aryl methyl sites for hydroxylation is 1. The summed E-state index contributed by atoms with van der Waals surface area (Å²) < 4.78 is 27.7. The normalized spacial score (nSPS) is 10.8. The third-order valence-electron chi connectivity index (χ3n) is 2.72. The van der Waals surface area contributed by atoms with Crippen LogP contribution < -0.4 is 4.72 Å². The van der Waals surface area contributed by atoms with E-state index < -0.39 is 10.0 Å². The minimum atomic E-state index is -3.65. The molecule has 2 aromatic rings. The predicted octanol–water partition coefficient (Wildman–Crippen LogP) is 3.43. The van der Waals surface area contributed by atoms with Crippen molar-refractivity contribution in [2.75, 3.05) is 4.72 Å². The van der Waals surface area contributed by atoms with Gasteiger partial charge in [-0.25, -0.2) is 8.42 Å². The molecule has 102 valence electrons. The summed E-state index contributed by atoms with van der Waals surface area (Å²) in [7, 11) is -3.65. The average Bonchev–Trinajstić information content (AvgIpc) is 2.43. The summed E-state index contributed by atoms with van der Waals surface area (Å²) in [5.41, 5.74) is 1.92. The number of benzene rings is 2. The molecule has 0 radical (unpaired) electrons. The molecule has 6 heteroatoms. The Morgan fingerprint density at radius 2 is 1.80 bits per heavy atom. The summed E-state index contributed by atoms with van der Waals surface area (Å²) in [4.78, 5) is 0.119. The fraction of sp³-hybridized carbons (Fsp3) is 0.0714. The van der Waals surface area contributed by atoms with Gasteiger partial charge in [-0.05, 0) is 48.9 Å². The van der Waals surface area contributed by atoms with Crippen molar-refractivity contribution in [1.29, 1.82) is 5.26 Å². The summed E-state index contributed by atoms with van der Waals surface area (Å²) in [6.07, 6.45) is 0. The topological polar surface area (TPSA) is 70.0 Å². The Balaban J connectivity index is 2.30. The highest BCUT2D eigenvalue weighted by atomic mass is 79.9. The standard InChI is InChI=1S/C14H11BrN2O2S/c1-10-2-5-12(8-14(10)15)17-20(18,19)13-6-3-11(9-16)4-7-13/h2-8,17H,1H3. The number of rotatable bonds is 3. The van der Waals surface area contributed by atoms with Crippen molar-refractivity contribution in [1.82, 2.24) is 0 Å². The Morgan fingerprint density at radius 1 is 1.15 bits per heavy atom. The van der Waals surface area contributed by atoms with Crippen LogP contribution >= 0.6 is 15.9 Å². The highest BCUT2D eigenvalue weighted by Gasteiger charge is 2.14. The largest absolute Gasteiger partial charge is 0.280 e. The first-order valence-electron chi connectivity index (χ1n) is 5.71. The van der Waals surface area contributed by atoms with E-state index in [-0.39, 0.29) is 4.90 Å². The quantitative estimate of drug-likeness (QED) is 0.921. The number of hydrogen-bond acceptors (Lipinski definition) is 3. The molecule has 0 aliphatic rings. The van der Waals surface area contributed by atoms with Gasteiger partial charge in [0.1, 0.15) is 0 Å². The zero-order chi connectivity index (χ0) is 14.8. The third-order valence-corrected chi connectivity index (χ3v) is 4.97. The van der Waals surface area contributed by atoms with E-state index in [0.29, 0.717) is 11.3 Å². The molecule has 0 aliphatic carbocycles. The van der Waals surface area contributed by atoms with Gasteiger partial charge in [-0.15, -0.1) is 0 Å². The van der Waals surface area contributed by atoms with E-state index in [9.17, 15) is 8.42 Å². The molecule has 2 aromatic carbocycles. The molecule has 2 rings (SSSR count). The lowest BCUT2D eigenvalue weighted by Gasteiger charge is -2.09. The zero-order valence-electron chi connectivity index (χ0n) is 10.6. The molecule has 0 heterocycles. The van der Waals surface area contributed by atoms with Crippen LogP contribution in [-0.4, -0.2) is 8.42 Å². The van der Waals surface area contributed by atoms with Crippen LogP contribution in [0.4, 0.5) is 5.69 Å². The van der Waals surface area contributed by atoms with Crippen LogP contribution in [0.1, 0.15) is 11.1 Å². The van der Waals surface area contributed by atoms with Gasteiger partial charge in [-0.1, -0.05) is 22.0 Å². The number of halogens is 1. The van der Waals surface area contributed by atoms with E-state index in [4.69, 9.17) is 5.26 Å². The maximum Gasteiger partial charge on any atom is 0.261 e. The highest BCUT2D eigenvalue weighted by Crippen LogP contribution is 2.23. The van der Waals surface area contributed by atoms with Gasteiger partial charge in [0.2, 0.25) is 0 Å². The van der Waals surface area contributed by atoms with Gasteiger partial charge < -0.3 is 0 Å². The smallest absolute Gasteiger partial charge is 0.261 e. The maximum absolute atomic E-state index is 12.2. The number of nitrogens with zero attached hydrogens (tertiary/aromatic N) is 1. The van der Waals surface area contributed by atoms with Crippen LogP contribution in [0, 0.1) is 18.3 Å². The number of anilines is 1. The lowest BCUT2D eigenvalue weighted by molar-refractivity contribution is 0.601. The van der Waals surface area contributed by atoms with E-state index in [1.165, 1.54) is 24.3 Å². The first-order chi connectivity index (χ1) is 9.42. The van der Waals surface area contributed by atoms with Gasteiger partial charge in [0.15, 0.2) is 0 Å². The number of nitrogens with one attached hydrogen (secondary N) is 1. The second kappa shape index (κ2) is 5.65. The fourth-order valence-corrected chi connectivity index (χ4v) is 3.01. The molecule has 0 spiro atoms. The van der Waals surface area contributed by atoms with E-state index in [1.54, 1.807) is 12.1 Å². The first kappa shape index (κ1) is 14.6. The number of nitriles is 1. The Bertz CT molecular complexity index is 778. The summed E-state index contributed by atoms with van der Waals surface area (Å²) in [6.45, 7) is 1.92. The van der Waals surface area contributed by atoms with Crippen molar-refractivity contribution >= 4 is 31.6 Å². The minimum Gasteiger partial charge on any atom is -0.280 e. The number of sulfonamides is 1. The van der Waals surface area contributed by atoms with E-state index >= 15 is 0 Å². The molecule has 0 saturated carbocycles. The van der Waals surface area contributed by atoms with Crippen LogP contribution in [0.3, 0.4) is 0 Å². The maximum atomic E-state index is 12.2. The van der Waals surface area contributed by atoms with Gasteiger partial charge in [0.25, 0.3) is 10.0 Å².